The van der Waals surface area contributed by atoms with Crippen molar-refractivity contribution in [1.82, 2.24) is 20.2 Å². The zero-order chi connectivity index (χ0) is 15.2. The Kier molecular flexibility index (Phi) is 4.85. The fraction of sp³-hybridized carbons (Fsp3) is 0.412. The van der Waals surface area contributed by atoms with Crippen LogP contribution in [0.25, 0.3) is 0 Å². The molecule has 0 aliphatic carbocycles. The number of piperidine rings is 1. The zero-order valence-corrected chi connectivity index (χ0v) is 12.7. The van der Waals surface area contributed by atoms with Gasteiger partial charge in [0.2, 0.25) is 0 Å². The highest BCUT2D eigenvalue weighted by Crippen LogP contribution is 2.24. The number of likely N-dealkylation sites (tertiary alicyclic amines) is 1. The van der Waals surface area contributed by atoms with Crippen LogP contribution in [0.2, 0.25) is 0 Å². The van der Waals surface area contributed by atoms with Gasteiger partial charge in [0, 0.05) is 6.54 Å². The van der Waals surface area contributed by atoms with Crippen LogP contribution >= 0.6 is 0 Å². The number of imidazole rings is 1. The summed E-state index contributed by atoms with van der Waals surface area (Å²) >= 11 is 0. The van der Waals surface area contributed by atoms with E-state index in [-0.39, 0.29) is 11.9 Å². The summed E-state index contributed by atoms with van der Waals surface area (Å²) in [6.45, 7) is 2.81. The molecule has 0 spiro atoms. The SMILES string of the molecule is O=C(NCC(c1ccccc1)N1CCCCC1)c1cnc[nH]1. The first-order chi connectivity index (χ1) is 10.8. The van der Waals surface area contributed by atoms with Gasteiger partial charge in [-0.2, -0.15) is 0 Å². The average molecular weight is 298 g/mol. The van der Waals surface area contributed by atoms with E-state index in [9.17, 15) is 4.79 Å². The fourth-order valence-electron chi connectivity index (χ4n) is 3.03. The number of aromatic nitrogens is 2. The van der Waals surface area contributed by atoms with Crippen molar-refractivity contribution < 1.29 is 4.79 Å². The Hall–Kier alpha value is -2.14. The van der Waals surface area contributed by atoms with Gasteiger partial charge in [-0.25, -0.2) is 4.98 Å². The summed E-state index contributed by atoms with van der Waals surface area (Å²) in [6.07, 6.45) is 6.84. The van der Waals surface area contributed by atoms with Crippen molar-refractivity contribution in [2.45, 2.75) is 25.3 Å². The van der Waals surface area contributed by atoms with Crippen LogP contribution in [0.1, 0.15) is 41.4 Å². The van der Waals surface area contributed by atoms with Crippen LogP contribution in [0.3, 0.4) is 0 Å². The second-order valence-electron chi connectivity index (χ2n) is 5.70. The molecule has 0 radical (unpaired) electrons. The molecule has 116 valence electrons. The van der Waals surface area contributed by atoms with E-state index in [1.165, 1.54) is 31.2 Å². The second kappa shape index (κ2) is 7.22. The number of aromatic amines is 1. The molecule has 1 fully saturated rings. The Morgan fingerprint density at radius 3 is 2.68 bits per heavy atom. The minimum Gasteiger partial charge on any atom is -0.349 e. The number of hydrogen-bond acceptors (Lipinski definition) is 3. The highest BCUT2D eigenvalue weighted by molar-refractivity contribution is 5.91. The number of nitrogens with one attached hydrogen (secondary N) is 2. The minimum atomic E-state index is -0.101. The van der Waals surface area contributed by atoms with Crippen molar-refractivity contribution in [2.75, 3.05) is 19.6 Å². The minimum absolute atomic E-state index is 0.101. The molecule has 0 saturated carbocycles. The number of H-pyrrole nitrogens is 1. The molecule has 1 saturated heterocycles. The number of amides is 1. The summed E-state index contributed by atoms with van der Waals surface area (Å²) in [5.41, 5.74) is 1.76. The highest BCUT2D eigenvalue weighted by Gasteiger charge is 2.23. The molecule has 1 atom stereocenters. The average Bonchev–Trinajstić information content (AvgIpc) is 3.11. The second-order valence-corrected chi connectivity index (χ2v) is 5.70. The fourth-order valence-corrected chi connectivity index (χ4v) is 3.03. The van der Waals surface area contributed by atoms with Gasteiger partial charge in [0.15, 0.2) is 0 Å². The maximum atomic E-state index is 12.1. The lowest BCUT2D eigenvalue weighted by atomic mass is 10.0. The van der Waals surface area contributed by atoms with Crippen molar-refractivity contribution in [1.29, 1.82) is 0 Å². The molecule has 2 aromatic rings. The lowest BCUT2D eigenvalue weighted by molar-refractivity contribution is 0.0920. The number of carbonyl (C=O) groups excluding carboxylic acids is 1. The topological polar surface area (TPSA) is 61.0 Å². The number of hydrogen-bond donors (Lipinski definition) is 2. The third-order valence-corrected chi connectivity index (χ3v) is 4.21. The molecule has 3 rings (SSSR count). The van der Waals surface area contributed by atoms with E-state index in [1.54, 1.807) is 6.20 Å². The van der Waals surface area contributed by atoms with Crippen LogP contribution in [0.15, 0.2) is 42.9 Å². The van der Waals surface area contributed by atoms with Gasteiger partial charge in [0.1, 0.15) is 5.69 Å². The van der Waals surface area contributed by atoms with Gasteiger partial charge in [-0.15, -0.1) is 0 Å². The van der Waals surface area contributed by atoms with E-state index >= 15 is 0 Å². The molecule has 1 aromatic heterocycles. The molecule has 0 bridgehead atoms. The Bertz CT molecular complexity index is 576. The van der Waals surface area contributed by atoms with Gasteiger partial charge in [-0.05, 0) is 31.5 Å². The van der Waals surface area contributed by atoms with Gasteiger partial charge in [0.25, 0.3) is 5.91 Å². The summed E-state index contributed by atoms with van der Waals surface area (Å²) in [7, 11) is 0. The molecular formula is C17H22N4O. The van der Waals surface area contributed by atoms with Crippen molar-refractivity contribution >= 4 is 5.91 Å². The molecule has 1 amide bonds. The van der Waals surface area contributed by atoms with E-state index in [0.29, 0.717) is 12.2 Å². The zero-order valence-electron chi connectivity index (χ0n) is 12.7. The Labute approximate surface area is 130 Å². The highest BCUT2D eigenvalue weighted by atomic mass is 16.1. The molecule has 2 heterocycles. The van der Waals surface area contributed by atoms with Gasteiger partial charge in [-0.1, -0.05) is 36.8 Å². The molecule has 22 heavy (non-hydrogen) atoms. The van der Waals surface area contributed by atoms with Crippen LogP contribution in [0.5, 0.6) is 0 Å². The van der Waals surface area contributed by atoms with E-state index < -0.39 is 0 Å². The van der Waals surface area contributed by atoms with Gasteiger partial charge in [0.05, 0.1) is 18.6 Å². The predicted molar refractivity (Wildman–Crippen MR) is 85.5 cm³/mol. The smallest absolute Gasteiger partial charge is 0.269 e. The quantitative estimate of drug-likeness (QED) is 0.891. The van der Waals surface area contributed by atoms with Crippen LogP contribution in [-0.2, 0) is 0 Å². The standard InChI is InChI=1S/C17H22N4O/c22-17(15-11-18-13-20-15)19-12-16(14-7-3-1-4-8-14)21-9-5-2-6-10-21/h1,3-4,7-8,11,13,16H,2,5-6,9-10,12H2,(H,18,20)(H,19,22). The monoisotopic (exact) mass is 298 g/mol. The van der Waals surface area contributed by atoms with Gasteiger partial charge >= 0.3 is 0 Å². The van der Waals surface area contributed by atoms with E-state index in [0.717, 1.165) is 13.1 Å². The molecule has 1 aliphatic rings. The Morgan fingerprint density at radius 1 is 1.23 bits per heavy atom. The predicted octanol–water partition coefficient (Wildman–Crippen LogP) is 2.37. The van der Waals surface area contributed by atoms with Crippen LogP contribution in [0, 0.1) is 0 Å². The van der Waals surface area contributed by atoms with Gasteiger partial charge in [-0.3, -0.25) is 9.69 Å². The largest absolute Gasteiger partial charge is 0.349 e. The van der Waals surface area contributed by atoms with Crippen molar-refractivity contribution in [3.63, 3.8) is 0 Å². The molecule has 2 N–H and O–H groups in total. The summed E-state index contributed by atoms with van der Waals surface area (Å²) in [4.78, 5) is 21.3. The van der Waals surface area contributed by atoms with Gasteiger partial charge < -0.3 is 10.3 Å². The lowest BCUT2D eigenvalue weighted by Crippen LogP contribution is -2.40. The number of rotatable bonds is 5. The normalized spacial score (nSPS) is 17.1. The first-order valence-electron chi connectivity index (χ1n) is 7.90. The number of carbonyl (C=O) groups is 1. The Balaban J connectivity index is 1.69. The molecule has 1 aliphatic heterocycles. The molecule has 5 heteroatoms. The van der Waals surface area contributed by atoms with E-state index in [4.69, 9.17) is 0 Å². The summed E-state index contributed by atoms with van der Waals surface area (Å²) in [5.74, 6) is -0.101. The third-order valence-electron chi connectivity index (χ3n) is 4.21. The molecule has 1 aromatic carbocycles. The Morgan fingerprint density at radius 2 is 2.00 bits per heavy atom. The van der Waals surface area contributed by atoms with Crippen LogP contribution in [-0.4, -0.2) is 40.4 Å². The lowest BCUT2D eigenvalue weighted by Gasteiger charge is -2.35. The molecule has 1 unspecified atom stereocenters. The maximum Gasteiger partial charge on any atom is 0.269 e. The maximum absolute atomic E-state index is 12.1. The van der Waals surface area contributed by atoms with Crippen LogP contribution in [0.4, 0.5) is 0 Å². The van der Waals surface area contributed by atoms with Crippen molar-refractivity contribution in [3.05, 3.63) is 54.1 Å². The molecular weight excluding hydrogens is 276 g/mol. The van der Waals surface area contributed by atoms with E-state index in [1.807, 2.05) is 6.07 Å². The summed E-state index contributed by atoms with van der Waals surface area (Å²) in [5, 5.41) is 3.03. The first kappa shape index (κ1) is 14.8. The number of benzene rings is 1. The molecule has 5 nitrogen and oxygen atoms in total. The van der Waals surface area contributed by atoms with Crippen LogP contribution < -0.4 is 5.32 Å². The number of nitrogens with zero attached hydrogens (tertiary/aromatic N) is 2. The van der Waals surface area contributed by atoms with Crippen molar-refractivity contribution in [2.24, 2.45) is 0 Å². The van der Waals surface area contributed by atoms with E-state index in [2.05, 4.69) is 44.5 Å². The summed E-state index contributed by atoms with van der Waals surface area (Å²) in [6, 6.07) is 10.7. The first-order valence-corrected chi connectivity index (χ1v) is 7.90. The van der Waals surface area contributed by atoms with Crippen molar-refractivity contribution in [3.8, 4) is 0 Å². The third kappa shape index (κ3) is 3.54. The summed E-state index contributed by atoms with van der Waals surface area (Å²) < 4.78 is 0.